The number of ketones is 1. The Hall–Kier alpha value is -4.61. The van der Waals surface area contributed by atoms with Gasteiger partial charge in [-0.1, -0.05) is 70.2 Å². The number of benzene rings is 2. The fraction of sp³-hybridized carbons (Fsp3) is 0.438. The molecule has 12 heteroatoms. The average Bonchev–Trinajstić information content (AvgIpc) is 3.49. The summed E-state index contributed by atoms with van der Waals surface area (Å²) in [4.78, 5) is 53.8. The number of nitrogens with one attached hydrogen (secondary N) is 2. The van der Waals surface area contributed by atoms with Crippen molar-refractivity contribution in [1.29, 1.82) is 0 Å². The molecule has 1 aromatic heterocycles. The van der Waals surface area contributed by atoms with Gasteiger partial charge in [0.15, 0.2) is 0 Å². The van der Waals surface area contributed by atoms with Crippen molar-refractivity contribution in [3.63, 3.8) is 0 Å². The summed E-state index contributed by atoms with van der Waals surface area (Å²) >= 11 is 0. The topological polar surface area (TPSA) is 144 Å². The number of alkyl carbamates (subject to hydrolysis) is 1. The Kier molecular flexibility index (Phi) is 11.3. The van der Waals surface area contributed by atoms with Crippen LogP contribution < -0.4 is 10.6 Å². The summed E-state index contributed by atoms with van der Waals surface area (Å²) < 4.78 is 23.9. The molecule has 2 N–H and O–H groups in total. The fourth-order valence-corrected chi connectivity index (χ4v) is 4.54. The lowest BCUT2D eigenvalue weighted by Gasteiger charge is -2.30. The summed E-state index contributed by atoms with van der Waals surface area (Å²) in [6, 6.07) is 13.0. The lowest BCUT2D eigenvalue weighted by molar-refractivity contribution is -0.139. The van der Waals surface area contributed by atoms with E-state index in [0.29, 0.717) is 5.56 Å². The van der Waals surface area contributed by atoms with Gasteiger partial charge in [-0.05, 0) is 48.9 Å². The number of ether oxygens (including phenoxy) is 1. The number of methoxy groups -OCH3 is 1. The van der Waals surface area contributed by atoms with Crippen LogP contribution >= 0.6 is 0 Å². The maximum absolute atomic E-state index is 13.6. The minimum absolute atomic E-state index is 0.0882. The SMILES string of the molecule is COC(=O)N[C@H](C(=O)N(CC(=O)NC(C(=O)c1nnc(C(C)(C)c2ccc(F)cc2)o1)C(C)C)Cc1ccccc1)C(C)C. The summed E-state index contributed by atoms with van der Waals surface area (Å²) in [7, 11) is 1.20. The first-order chi connectivity index (χ1) is 20.7. The zero-order chi connectivity index (χ0) is 32.6. The van der Waals surface area contributed by atoms with Crippen LogP contribution in [0.4, 0.5) is 9.18 Å². The number of amides is 3. The van der Waals surface area contributed by atoms with Crippen molar-refractivity contribution < 1.29 is 32.7 Å². The summed E-state index contributed by atoms with van der Waals surface area (Å²) in [5.74, 6) is -2.85. The molecule has 0 saturated carbocycles. The van der Waals surface area contributed by atoms with Gasteiger partial charge in [-0.15, -0.1) is 10.2 Å². The van der Waals surface area contributed by atoms with Crippen molar-refractivity contribution in [2.75, 3.05) is 13.7 Å². The van der Waals surface area contributed by atoms with Gasteiger partial charge in [0, 0.05) is 6.54 Å². The van der Waals surface area contributed by atoms with E-state index in [2.05, 4.69) is 25.6 Å². The highest BCUT2D eigenvalue weighted by Crippen LogP contribution is 2.31. The molecular weight excluding hydrogens is 569 g/mol. The third kappa shape index (κ3) is 8.48. The first-order valence-corrected chi connectivity index (χ1v) is 14.3. The summed E-state index contributed by atoms with van der Waals surface area (Å²) in [5, 5.41) is 13.3. The van der Waals surface area contributed by atoms with Crippen molar-refractivity contribution >= 4 is 23.7 Å². The van der Waals surface area contributed by atoms with Crippen LogP contribution in [-0.4, -0.2) is 64.5 Å². The van der Waals surface area contributed by atoms with Crippen molar-refractivity contribution in [3.05, 3.63) is 83.3 Å². The van der Waals surface area contributed by atoms with Crippen LogP contribution in [0.3, 0.4) is 0 Å². The van der Waals surface area contributed by atoms with Crippen molar-refractivity contribution in [2.45, 2.75) is 65.6 Å². The van der Waals surface area contributed by atoms with Gasteiger partial charge in [-0.2, -0.15) is 0 Å². The van der Waals surface area contributed by atoms with Gasteiger partial charge in [-0.3, -0.25) is 14.4 Å². The van der Waals surface area contributed by atoms with E-state index in [-0.39, 0.29) is 42.5 Å². The van der Waals surface area contributed by atoms with E-state index in [9.17, 15) is 23.6 Å². The molecule has 0 bridgehead atoms. The Balaban J connectivity index is 1.81. The highest BCUT2D eigenvalue weighted by molar-refractivity contribution is 5.99. The average molecular weight is 610 g/mol. The second-order valence-corrected chi connectivity index (χ2v) is 11.7. The third-order valence-corrected chi connectivity index (χ3v) is 7.26. The predicted molar refractivity (Wildman–Crippen MR) is 160 cm³/mol. The first-order valence-electron chi connectivity index (χ1n) is 14.3. The van der Waals surface area contributed by atoms with Gasteiger partial charge in [0.1, 0.15) is 11.9 Å². The highest BCUT2D eigenvalue weighted by Gasteiger charge is 2.35. The maximum Gasteiger partial charge on any atom is 0.407 e. The summed E-state index contributed by atoms with van der Waals surface area (Å²) in [6.45, 7) is 10.4. The number of hydrogen-bond donors (Lipinski definition) is 2. The van der Waals surface area contributed by atoms with E-state index in [4.69, 9.17) is 4.42 Å². The summed E-state index contributed by atoms with van der Waals surface area (Å²) in [5.41, 5.74) is 0.659. The highest BCUT2D eigenvalue weighted by atomic mass is 19.1. The predicted octanol–water partition coefficient (Wildman–Crippen LogP) is 4.27. The monoisotopic (exact) mass is 609 g/mol. The van der Waals surface area contributed by atoms with Gasteiger partial charge < -0.3 is 24.7 Å². The van der Waals surface area contributed by atoms with E-state index >= 15 is 0 Å². The molecule has 3 amide bonds. The largest absolute Gasteiger partial charge is 0.453 e. The van der Waals surface area contributed by atoms with E-state index in [1.54, 1.807) is 39.8 Å². The van der Waals surface area contributed by atoms with E-state index < -0.39 is 41.2 Å². The van der Waals surface area contributed by atoms with E-state index in [0.717, 1.165) is 5.56 Å². The second-order valence-electron chi connectivity index (χ2n) is 11.7. The Morgan fingerprint density at radius 2 is 1.52 bits per heavy atom. The molecule has 0 fully saturated rings. The smallest absolute Gasteiger partial charge is 0.407 e. The minimum atomic E-state index is -1.03. The standard InChI is InChI=1S/C32H40FN5O6/c1-19(2)25(27(40)28-36-37-30(44-28)32(5,6)22-13-15-23(33)16-14-22)34-24(39)18-38(17-21-11-9-8-10-12-21)29(41)26(20(3)4)35-31(42)43-7/h8-16,19-20,25-26H,17-18H2,1-7H3,(H,34,39)(H,35,42)/t25?,26-/m0/s1. The lowest BCUT2D eigenvalue weighted by atomic mass is 9.84. The first kappa shape index (κ1) is 33.9. The van der Waals surface area contributed by atoms with Crippen LogP contribution in [0.15, 0.2) is 59.0 Å². The van der Waals surface area contributed by atoms with Crippen molar-refractivity contribution in [2.24, 2.45) is 11.8 Å². The number of aromatic nitrogens is 2. The van der Waals surface area contributed by atoms with Crippen molar-refractivity contribution in [3.8, 4) is 0 Å². The molecule has 2 atom stereocenters. The molecule has 236 valence electrons. The number of halogens is 1. The maximum atomic E-state index is 13.6. The molecule has 44 heavy (non-hydrogen) atoms. The van der Waals surface area contributed by atoms with Crippen molar-refractivity contribution in [1.82, 2.24) is 25.7 Å². The van der Waals surface area contributed by atoms with Gasteiger partial charge in [0.05, 0.1) is 25.1 Å². The minimum Gasteiger partial charge on any atom is -0.453 e. The number of rotatable bonds is 13. The number of carbonyl (C=O) groups is 4. The third-order valence-electron chi connectivity index (χ3n) is 7.26. The molecule has 11 nitrogen and oxygen atoms in total. The molecule has 2 aromatic carbocycles. The Bertz CT molecular complexity index is 1440. The fourth-order valence-electron chi connectivity index (χ4n) is 4.54. The molecule has 1 unspecified atom stereocenters. The number of hydrogen-bond acceptors (Lipinski definition) is 8. The molecule has 1 heterocycles. The Labute approximate surface area is 256 Å². The molecule has 0 aliphatic heterocycles. The van der Waals surface area contributed by atoms with E-state index in [1.165, 1.54) is 24.1 Å². The zero-order valence-corrected chi connectivity index (χ0v) is 26.1. The molecule has 3 aromatic rings. The van der Waals surface area contributed by atoms with Gasteiger partial charge in [0.2, 0.25) is 23.5 Å². The van der Waals surface area contributed by atoms with Crippen LogP contribution in [0.1, 0.15) is 69.2 Å². The molecule has 0 saturated heterocycles. The Morgan fingerprint density at radius 1 is 0.909 bits per heavy atom. The van der Waals surface area contributed by atoms with Crippen LogP contribution in [-0.2, 0) is 26.3 Å². The van der Waals surface area contributed by atoms with Crippen LogP contribution in [0.5, 0.6) is 0 Å². The number of nitrogens with zero attached hydrogens (tertiary/aromatic N) is 3. The number of carbonyl (C=O) groups excluding carboxylic acids is 4. The zero-order valence-electron chi connectivity index (χ0n) is 26.1. The van der Waals surface area contributed by atoms with Gasteiger partial charge in [0.25, 0.3) is 5.89 Å². The normalized spacial score (nSPS) is 12.9. The van der Waals surface area contributed by atoms with Crippen LogP contribution in [0.2, 0.25) is 0 Å². The quantitative estimate of drug-likeness (QED) is 0.274. The molecular formula is C32H40FN5O6. The molecule has 3 rings (SSSR count). The molecule has 0 spiro atoms. The molecule has 0 aliphatic rings. The van der Waals surface area contributed by atoms with E-state index in [1.807, 2.05) is 44.2 Å². The second kappa shape index (κ2) is 14.7. The molecule has 0 radical (unpaired) electrons. The number of Topliss-reactive ketones (excluding diaryl/α,β-unsaturated/α-hetero) is 1. The summed E-state index contributed by atoms with van der Waals surface area (Å²) in [6.07, 6.45) is -0.770. The lowest BCUT2D eigenvalue weighted by Crippen LogP contribution is -2.54. The Morgan fingerprint density at radius 3 is 2.09 bits per heavy atom. The van der Waals surface area contributed by atoms with Crippen LogP contribution in [0.25, 0.3) is 0 Å². The van der Waals surface area contributed by atoms with Gasteiger partial charge >= 0.3 is 6.09 Å². The molecule has 0 aliphatic carbocycles. The van der Waals surface area contributed by atoms with Gasteiger partial charge in [-0.25, -0.2) is 9.18 Å². The van der Waals surface area contributed by atoms with Crippen LogP contribution in [0, 0.1) is 17.7 Å².